The Balaban J connectivity index is 2.51. The fraction of sp³-hybridized carbons (Fsp3) is 0.286. The molecule has 6 heteroatoms. The third-order valence-electron chi connectivity index (χ3n) is 2.53. The van der Waals surface area contributed by atoms with Crippen LogP contribution in [0.15, 0.2) is 42.1 Å². The van der Waals surface area contributed by atoms with E-state index in [9.17, 15) is 9.59 Å². The molecular weight excluding hydrogens is 258 g/mol. The highest BCUT2D eigenvalue weighted by Gasteiger charge is 2.10. The first-order valence-electron chi connectivity index (χ1n) is 6.27. The van der Waals surface area contributed by atoms with Crippen molar-refractivity contribution in [2.75, 3.05) is 13.2 Å². The molecule has 0 unspecified atom stereocenters. The van der Waals surface area contributed by atoms with Gasteiger partial charge >= 0.3 is 0 Å². The van der Waals surface area contributed by atoms with Gasteiger partial charge in [-0.2, -0.15) is 0 Å². The van der Waals surface area contributed by atoms with Crippen molar-refractivity contribution in [3.8, 4) is 0 Å². The van der Waals surface area contributed by atoms with E-state index in [0.29, 0.717) is 6.54 Å². The van der Waals surface area contributed by atoms with Crippen LogP contribution in [0.4, 0.5) is 0 Å². The number of nitrogens with two attached hydrogens (primary N) is 1. The van der Waals surface area contributed by atoms with Crippen LogP contribution in [0.2, 0.25) is 0 Å². The lowest BCUT2D eigenvalue weighted by atomic mass is 10.2. The van der Waals surface area contributed by atoms with Gasteiger partial charge in [0.05, 0.1) is 13.0 Å². The molecule has 0 heterocycles. The van der Waals surface area contributed by atoms with Gasteiger partial charge < -0.3 is 21.5 Å². The van der Waals surface area contributed by atoms with Gasteiger partial charge in [0.15, 0.2) is 0 Å². The molecule has 0 bridgehead atoms. The molecule has 5 N–H and O–H groups in total. The summed E-state index contributed by atoms with van der Waals surface area (Å²) in [4.78, 5) is 22.7. The molecule has 1 aromatic rings. The van der Waals surface area contributed by atoms with E-state index < -0.39 is 5.91 Å². The summed E-state index contributed by atoms with van der Waals surface area (Å²) in [6.45, 7) is 0.547. The standard InChI is InChI=1S/C14H19N3O3/c15-14(20)12(8-13(19)17-6-7-18)10-16-9-11-4-2-1-3-5-11/h1-5,10,16,18H,6-9H2,(H2,15,20)(H,17,19)/b12-10-. The average Bonchev–Trinajstić information content (AvgIpc) is 2.45. The van der Waals surface area contributed by atoms with Crippen molar-refractivity contribution in [1.82, 2.24) is 10.6 Å². The molecule has 108 valence electrons. The van der Waals surface area contributed by atoms with Gasteiger partial charge in [0, 0.05) is 24.9 Å². The Labute approximate surface area is 117 Å². The highest BCUT2D eigenvalue weighted by atomic mass is 16.3. The normalized spacial score (nSPS) is 10.9. The molecule has 6 nitrogen and oxygen atoms in total. The SMILES string of the molecule is NC(=O)/C(=C\NCc1ccccc1)CC(=O)NCCO. The summed E-state index contributed by atoms with van der Waals surface area (Å²) in [5.41, 5.74) is 6.46. The zero-order valence-electron chi connectivity index (χ0n) is 11.1. The van der Waals surface area contributed by atoms with E-state index in [1.165, 1.54) is 6.20 Å². The van der Waals surface area contributed by atoms with E-state index in [2.05, 4.69) is 10.6 Å². The fourth-order valence-corrected chi connectivity index (χ4v) is 1.53. The maximum atomic E-state index is 11.5. The van der Waals surface area contributed by atoms with Gasteiger partial charge in [0.1, 0.15) is 0 Å². The molecule has 0 spiro atoms. The van der Waals surface area contributed by atoms with Crippen LogP contribution >= 0.6 is 0 Å². The minimum Gasteiger partial charge on any atom is -0.395 e. The molecule has 1 aromatic carbocycles. The molecule has 0 aromatic heterocycles. The van der Waals surface area contributed by atoms with E-state index >= 15 is 0 Å². The minimum absolute atomic E-state index is 0.114. The zero-order valence-corrected chi connectivity index (χ0v) is 11.1. The number of carbonyl (C=O) groups excluding carboxylic acids is 2. The predicted molar refractivity (Wildman–Crippen MR) is 75.3 cm³/mol. The van der Waals surface area contributed by atoms with Gasteiger partial charge in [-0.1, -0.05) is 30.3 Å². The molecular formula is C14H19N3O3. The maximum absolute atomic E-state index is 11.5. The molecule has 0 saturated heterocycles. The van der Waals surface area contributed by atoms with Gasteiger partial charge in [0.2, 0.25) is 11.8 Å². The molecule has 1 rings (SSSR count). The molecule has 0 aliphatic heterocycles. The Morgan fingerprint density at radius 2 is 1.95 bits per heavy atom. The van der Waals surface area contributed by atoms with Crippen molar-refractivity contribution < 1.29 is 14.7 Å². The van der Waals surface area contributed by atoms with Crippen LogP contribution in [-0.4, -0.2) is 30.1 Å². The first-order valence-corrected chi connectivity index (χ1v) is 6.27. The van der Waals surface area contributed by atoms with Crippen molar-refractivity contribution in [2.45, 2.75) is 13.0 Å². The van der Waals surface area contributed by atoms with Crippen LogP contribution in [0.5, 0.6) is 0 Å². The first kappa shape index (κ1) is 15.7. The van der Waals surface area contributed by atoms with Crippen molar-refractivity contribution >= 4 is 11.8 Å². The molecule has 20 heavy (non-hydrogen) atoms. The van der Waals surface area contributed by atoms with Crippen molar-refractivity contribution in [2.24, 2.45) is 5.73 Å². The third kappa shape index (κ3) is 6.01. The number of aliphatic hydroxyl groups excluding tert-OH is 1. The lowest BCUT2D eigenvalue weighted by Crippen LogP contribution is -2.29. The summed E-state index contributed by atoms with van der Waals surface area (Å²) in [7, 11) is 0. The Bertz CT molecular complexity index is 472. The second kappa shape index (κ2) is 8.71. The third-order valence-corrected chi connectivity index (χ3v) is 2.53. The molecule has 0 aliphatic rings. The Kier molecular flexibility index (Phi) is 6.84. The quantitative estimate of drug-likeness (QED) is 0.487. The molecule has 2 amide bonds. The van der Waals surface area contributed by atoms with Gasteiger partial charge in [-0.3, -0.25) is 9.59 Å². The van der Waals surface area contributed by atoms with E-state index in [-0.39, 0.29) is 31.1 Å². The average molecular weight is 277 g/mol. The summed E-state index contributed by atoms with van der Waals surface area (Å²) in [6.07, 6.45) is 1.34. The highest BCUT2D eigenvalue weighted by molar-refractivity contribution is 5.97. The largest absolute Gasteiger partial charge is 0.395 e. The predicted octanol–water partition coefficient (Wildman–Crippen LogP) is -0.356. The van der Waals surface area contributed by atoms with Crippen LogP contribution in [0, 0.1) is 0 Å². The van der Waals surface area contributed by atoms with Crippen molar-refractivity contribution in [3.63, 3.8) is 0 Å². The number of primary amides is 1. The van der Waals surface area contributed by atoms with Crippen molar-refractivity contribution in [1.29, 1.82) is 0 Å². The second-order valence-electron chi connectivity index (χ2n) is 4.15. The van der Waals surface area contributed by atoms with Gasteiger partial charge in [-0.25, -0.2) is 0 Å². The fourth-order valence-electron chi connectivity index (χ4n) is 1.53. The molecule has 0 radical (unpaired) electrons. The van der Waals surface area contributed by atoms with E-state index in [0.717, 1.165) is 5.56 Å². The van der Waals surface area contributed by atoms with Crippen LogP contribution < -0.4 is 16.4 Å². The molecule has 0 atom stereocenters. The number of benzene rings is 1. The Morgan fingerprint density at radius 1 is 1.25 bits per heavy atom. The number of hydrogen-bond acceptors (Lipinski definition) is 4. The van der Waals surface area contributed by atoms with E-state index in [1.807, 2.05) is 30.3 Å². The summed E-state index contributed by atoms with van der Waals surface area (Å²) < 4.78 is 0. The molecule has 0 saturated carbocycles. The number of aliphatic hydroxyl groups is 1. The van der Waals surface area contributed by atoms with Gasteiger partial charge in [-0.15, -0.1) is 0 Å². The molecule has 0 aliphatic carbocycles. The number of hydrogen-bond donors (Lipinski definition) is 4. The van der Waals surface area contributed by atoms with Gasteiger partial charge in [0.25, 0.3) is 0 Å². The smallest absolute Gasteiger partial charge is 0.246 e. The van der Waals surface area contributed by atoms with Gasteiger partial charge in [-0.05, 0) is 5.56 Å². The van der Waals surface area contributed by atoms with Crippen LogP contribution in [-0.2, 0) is 16.1 Å². The Hall–Kier alpha value is -2.34. The summed E-state index contributed by atoms with van der Waals surface area (Å²) >= 11 is 0. The zero-order chi connectivity index (χ0) is 14.8. The number of rotatable bonds is 8. The highest BCUT2D eigenvalue weighted by Crippen LogP contribution is 2.01. The lowest BCUT2D eigenvalue weighted by Gasteiger charge is -2.06. The van der Waals surface area contributed by atoms with Crippen LogP contribution in [0.25, 0.3) is 0 Å². The van der Waals surface area contributed by atoms with Crippen LogP contribution in [0.1, 0.15) is 12.0 Å². The maximum Gasteiger partial charge on any atom is 0.246 e. The summed E-state index contributed by atoms with van der Waals surface area (Å²) in [5.74, 6) is -1.00. The van der Waals surface area contributed by atoms with E-state index in [4.69, 9.17) is 10.8 Å². The topological polar surface area (TPSA) is 104 Å². The lowest BCUT2D eigenvalue weighted by molar-refractivity contribution is -0.122. The van der Waals surface area contributed by atoms with Crippen molar-refractivity contribution in [3.05, 3.63) is 47.7 Å². The first-order chi connectivity index (χ1) is 9.63. The summed E-state index contributed by atoms with van der Waals surface area (Å²) in [5, 5.41) is 14.0. The van der Waals surface area contributed by atoms with E-state index in [1.54, 1.807) is 0 Å². The number of amides is 2. The molecule has 0 fully saturated rings. The number of carbonyl (C=O) groups is 2. The monoisotopic (exact) mass is 277 g/mol. The summed E-state index contributed by atoms with van der Waals surface area (Å²) in [6, 6.07) is 9.63. The minimum atomic E-state index is -0.648. The Morgan fingerprint density at radius 3 is 2.55 bits per heavy atom. The second-order valence-corrected chi connectivity index (χ2v) is 4.15. The van der Waals surface area contributed by atoms with Crippen LogP contribution in [0.3, 0.4) is 0 Å². The number of nitrogens with one attached hydrogen (secondary N) is 2.